The Morgan fingerprint density at radius 3 is 2.43 bits per heavy atom. The number of carbonyl (C=O) groups excluding carboxylic acids is 1. The predicted molar refractivity (Wildman–Crippen MR) is 57.9 cm³/mol. The Morgan fingerprint density at radius 2 is 2.00 bits per heavy atom. The minimum atomic E-state index is -0.197. The van der Waals surface area contributed by atoms with Crippen LogP contribution in [0.4, 0.5) is 0 Å². The quantitative estimate of drug-likeness (QED) is 0.744. The number of primary amides is 1. The lowest BCUT2D eigenvalue weighted by Gasteiger charge is -2.36. The summed E-state index contributed by atoms with van der Waals surface area (Å²) in [6, 6.07) is 0.472. The molecule has 0 bridgehead atoms. The van der Waals surface area contributed by atoms with Crippen molar-refractivity contribution in [2.45, 2.75) is 58.0 Å². The van der Waals surface area contributed by atoms with Crippen molar-refractivity contribution in [3.8, 4) is 0 Å². The van der Waals surface area contributed by atoms with Crippen molar-refractivity contribution in [1.29, 1.82) is 0 Å². The molecule has 1 rings (SSSR count). The Labute approximate surface area is 86.6 Å². The van der Waals surface area contributed by atoms with Crippen LogP contribution >= 0.6 is 0 Å². The van der Waals surface area contributed by atoms with Gasteiger partial charge in [0.25, 0.3) is 0 Å². The number of nitrogens with two attached hydrogens (primary N) is 1. The van der Waals surface area contributed by atoms with Gasteiger partial charge in [-0.2, -0.15) is 0 Å². The van der Waals surface area contributed by atoms with Gasteiger partial charge in [0.1, 0.15) is 0 Å². The topological polar surface area (TPSA) is 46.3 Å². The molecule has 2 N–H and O–H groups in total. The maximum absolute atomic E-state index is 11.1. The summed E-state index contributed by atoms with van der Waals surface area (Å²) in [5.41, 5.74) is 5.34. The Balaban J connectivity index is 2.55. The molecule has 0 aliphatic heterocycles. The van der Waals surface area contributed by atoms with Crippen molar-refractivity contribution in [2.75, 3.05) is 6.54 Å². The predicted octanol–water partition coefficient (Wildman–Crippen LogP) is 1.51. The van der Waals surface area contributed by atoms with Gasteiger partial charge in [-0.05, 0) is 26.3 Å². The molecule has 1 fully saturated rings. The van der Waals surface area contributed by atoms with E-state index in [1.165, 1.54) is 32.1 Å². The molecule has 1 unspecified atom stereocenters. The standard InChI is InChI=1S/C11H22N2O/c1-3-13(9(2)11(12)14)10-7-5-4-6-8-10/h9-10H,3-8H2,1-2H3,(H2,12,14). The normalized spacial score (nSPS) is 21.1. The van der Waals surface area contributed by atoms with Crippen LogP contribution in [0.2, 0.25) is 0 Å². The van der Waals surface area contributed by atoms with Gasteiger partial charge >= 0.3 is 0 Å². The first kappa shape index (κ1) is 11.5. The van der Waals surface area contributed by atoms with E-state index in [1.807, 2.05) is 6.92 Å². The van der Waals surface area contributed by atoms with E-state index in [2.05, 4.69) is 11.8 Å². The third kappa shape index (κ3) is 2.71. The van der Waals surface area contributed by atoms with Crippen LogP contribution in [-0.4, -0.2) is 29.4 Å². The minimum Gasteiger partial charge on any atom is -0.368 e. The number of nitrogens with zero attached hydrogens (tertiary/aromatic N) is 1. The minimum absolute atomic E-state index is 0.108. The SMILES string of the molecule is CCN(C1CCCCC1)C(C)C(N)=O. The highest BCUT2D eigenvalue weighted by Gasteiger charge is 2.26. The van der Waals surface area contributed by atoms with Crippen LogP contribution < -0.4 is 5.73 Å². The van der Waals surface area contributed by atoms with E-state index in [4.69, 9.17) is 5.73 Å². The van der Waals surface area contributed by atoms with Gasteiger partial charge in [-0.25, -0.2) is 0 Å². The van der Waals surface area contributed by atoms with Gasteiger partial charge in [-0.1, -0.05) is 26.2 Å². The lowest BCUT2D eigenvalue weighted by molar-refractivity contribution is -0.123. The van der Waals surface area contributed by atoms with Crippen LogP contribution in [0.25, 0.3) is 0 Å². The first-order chi connectivity index (χ1) is 6.66. The molecule has 0 aromatic rings. The molecule has 3 nitrogen and oxygen atoms in total. The summed E-state index contributed by atoms with van der Waals surface area (Å²) in [5.74, 6) is -0.197. The fourth-order valence-corrected chi connectivity index (χ4v) is 2.42. The Hall–Kier alpha value is -0.570. The fourth-order valence-electron chi connectivity index (χ4n) is 2.42. The van der Waals surface area contributed by atoms with Crippen molar-refractivity contribution >= 4 is 5.91 Å². The van der Waals surface area contributed by atoms with Crippen LogP contribution in [-0.2, 0) is 4.79 Å². The van der Waals surface area contributed by atoms with Gasteiger partial charge in [-0.15, -0.1) is 0 Å². The Kier molecular flexibility index (Phi) is 4.39. The zero-order valence-electron chi connectivity index (χ0n) is 9.33. The summed E-state index contributed by atoms with van der Waals surface area (Å²) in [4.78, 5) is 13.4. The van der Waals surface area contributed by atoms with E-state index in [1.54, 1.807) is 0 Å². The molecule has 0 aromatic carbocycles. The molecule has 0 spiro atoms. The zero-order chi connectivity index (χ0) is 10.6. The smallest absolute Gasteiger partial charge is 0.234 e. The number of rotatable bonds is 4. The second kappa shape index (κ2) is 5.35. The number of amides is 1. The molecule has 0 aromatic heterocycles. The maximum atomic E-state index is 11.1. The van der Waals surface area contributed by atoms with E-state index in [0.717, 1.165) is 6.54 Å². The number of hydrogen-bond donors (Lipinski definition) is 1. The molecular formula is C11H22N2O. The first-order valence-electron chi connectivity index (χ1n) is 5.72. The molecule has 0 radical (unpaired) electrons. The molecule has 1 saturated carbocycles. The van der Waals surface area contributed by atoms with Crippen molar-refractivity contribution < 1.29 is 4.79 Å². The van der Waals surface area contributed by atoms with E-state index in [0.29, 0.717) is 6.04 Å². The molecule has 1 amide bonds. The largest absolute Gasteiger partial charge is 0.368 e. The molecule has 82 valence electrons. The van der Waals surface area contributed by atoms with Gasteiger partial charge in [-0.3, -0.25) is 9.69 Å². The lowest BCUT2D eigenvalue weighted by atomic mass is 9.93. The van der Waals surface area contributed by atoms with Crippen LogP contribution in [0.3, 0.4) is 0 Å². The molecule has 1 aliphatic carbocycles. The molecule has 0 saturated heterocycles. The summed E-state index contributed by atoms with van der Waals surface area (Å²) in [5, 5.41) is 0. The number of carbonyl (C=O) groups is 1. The Bertz CT molecular complexity index is 188. The average molecular weight is 198 g/mol. The molecule has 14 heavy (non-hydrogen) atoms. The lowest BCUT2D eigenvalue weighted by Crippen LogP contribution is -2.48. The number of hydrogen-bond acceptors (Lipinski definition) is 2. The molecule has 1 atom stereocenters. The summed E-state index contributed by atoms with van der Waals surface area (Å²) in [7, 11) is 0. The molecule has 3 heteroatoms. The second-order valence-electron chi connectivity index (χ2n) is 4.20. The van der Waals surface area contributed by atoms with Crippen LogP contribution in [0.15, 0.2) is 0 Å². The van der Waals surface area contributed by atoms with Crippen molar-refractivity contribution in [2.24, 2.45) is 5.73 Å². The van der Waals surface area contributed by atoms with E-state index >= 15 is 0 Å². The van der Waals surface area contributed by atoms with Crippen molar-refractivity contribution in [3.63, 3.8) is 0 Å². The van der Waals surface area contributed by atoms with Crippen LogP contribution in [0.5, 0.6) is 0 Å². The van der Waals surface area contributed by atoms with Gasteiger partial charge in [0.2, 0.25) is 5.91 Å². The highest BCUT2D eigenvalue weighted by Crippen LogP contribution is 2.23. The van der Waals surface area contributed by atoms with Crippen molar-refractivity contribution in [1.82, 2.24) is 4.90 Å². The first-order valence-corrected chi connectivity index (χ1v) is 5.72. The van der Waals surface area contributed by atoms with Gasteiger partial charge < -0.3 is 5.73 Å². The monoisotopic (exact) mass is 198 g/mol. The van der Waals surface area contributed by atoms with Crippen LogP contribution in [0, 0.1) is 0 Å². The van der Waals surface area contributed by atoms with Gasteiger partial charge in [0.15, 0.2) is 0 Å². The third-order valence-corrected chi connectivity index (χ3v) is 3.32. The van der Waals surface area contributed by atoms with E-state index in [-0.39, 0.29) is 11.9 Å². The zero-order valence-corrected chi connectivity index (χ0v) is 9.33. The van der Waals surface area contributed by atoms with Crippen LogP contribution in [0.1, 0.15) is 46.0 Å². The van der Waals surface area contributed by atoms with E-state index < -0.39 is 0 Å². The van der Waals surface area contributed by atoms with E-state index in [9.17, 15) is 4.79 Å². The molecule has 1 aliphatic rings. The second-order valence-corrected chi connectivity index (χ2v) is 4.20. The average Bonchev–Trinajstić information content (AvgIpc) is 2.20. The maximum Gasteiger partial charge on any atom is 0.234 e. The van der Waals surface area contributed by atoms with Gasteiger partial charge in [0, 0.05) is 6.04 Å². The summed E-state index contributed by atoms with van der Waals surface area (Å²) < 4.78 is 0. The Morgan fingerprint density at radius 1 is 1.43 bits per heavy atom. The molecular weight excluding hydrogens is 176 g/mol. The molecule has 0 heterocycles. The summed E-state index contributed by atoms with van der Waals surface area (Å²) in [6.45, 7) is 4.95. The number of likely N-dealkylation sites (N-methyl/N-ethyl adjacent to an activating group) is 1. The van der Waals surface area contributed by atoms with Crippen molar-refractivity contribution in [3.05, 3.63) is 0 Å². The highest BCUT2D eigenvalue weighted by molar-refractivity contribution is 5.79. The fraction of sp³-hybridized carbons (Fsp3) is 0.909. The highest BCUT2D eigenvalue weighted by atomic mass is 16.1. The van der Waals surface area contributed by atoms with Gasteiger partial charge in [0.05, 0.1) is 6.04 Å². The summed E-state index contributed by atoms with van der Waals surface area (Å²) in [6.07, 6.45) is 6.40. The third-order valence-electron chi connectivity index (χ3n) is 3.32. The summed E-state index contributed by atoms with van der Waals surface area (Å²) >= 11 is 0.